The van der Waals surface area contributed by atoms with E-state index in [1.54, 1.807) is 0 Å². The van der Waals surface area contributed by atoms with Gasteiger partial charge in [0.15, 0.2) is 0 Å². The molecule has 2 atom stereocenters. The molecule has 0 saturated heterocycles. The van der Waals surface area contributed by atoms with Crippen LogP contribution in [0.15, 0.2) is 36.4 Å². The van der Waals surface area contributed by atoms with Crippen molar-refractivity contribution < 1.29 is 13.5 Å². The van der Waals surface area contributed by atoms with Crippen LogP contribution in [0, 0.1) is 11.6 Å². The Morgan fingerprint density at radius 1 is 1.24 bits per heavy atom. The van der Waals surface area contributed by atoms with Gasteiger partial charge in [-0.05, 0) is 42.7 Å². The van der Waals surface area contributed by atoms with Gasteiger partial charge in [0, 0.05) is 12.0 Å². The topological polar surface area (TPSA) is 9.23 Å². The predicted octanol–water partition coefficient (Wildman–Crippen LogP) is 4.81. The van der Waals surface area contributed by atoms with Gasteiger partial charge in [0.25, 0.3) is 0 Å². The Labute approximate surface area is 127 Å². The van der Waals surface area contributed by atoms with Crippen LogP contribution in [-0.4, -0.2) is 6.10 Å². The molecule has 0 saturated carbocycles. The summed E-state index contributed by atoms with van der Waals surface area (Å²) in [5.41, 5.74) is 1.98. The Balaban J connectivity index is 1.83. The second-order valence-corrected chi connectivity index (χ2v) is 5.90. The average molecular weight is 309 g/mol. The number of fused-ring (bicyclic) bond motifs is 1. The molecule has 0 aliphatic carbocycles. The molecule has 110 valence electrons. The quantitative estimate of drug-likeness (QED) is 0.739. The molecule has 1 nitrogen and oxygen atoms in total. The second kappa shape index (κ2) is 5.64. The lowest BCUT2D eigenvalue weighted by Crippen LogP contribution is -2.05. The first-order chi connectivity index (χ1) is 10.0. The molecule has 3 rings (SSSR count). The molecule has 0 N–H and O–H groups in total. The largest absolute Gasteiger partial charge is 0.490 e. The second-order valence-electron chi connectivity index (χ2n) is 5.37. The smallest absolute Gasteiger partial charge is 0.129 e. The zero-order valence-electron chi connectivity index (χ0n) is 11.6. The maximum atomic E-state index is 13.7. The van der Waals surface area contributed by atoms with Crippen LogP contribution in [0.3, 0.4) is 0 Å². The van der Waals surface area contributed by atoms with Gasteiger partial charge in [-0.15, -0.1) is 11.6 Å². The molecule has 0 aromatic heterocycles. The molecule has 0 fully saturated rings. The maximum Gasteiger partial charge on any atom is 0.129 e. The lowest BCUT2D eigenvalue weighted by atomic mass is 10.00. The van der Waals surface area contributed by atoms with E-state index in [1.807, 2.05) is 25.1 Å². The molecule has 1 aliphatic heterocycles. The fourth-order valence-corrected chi connectivity index (χ4v) is 2.95. The van der Waals surface area contributed by atoms with Crippen LogP contribution in [-0.2, 0) is 12.8 Å². The molecular weight excluding hydrogens is 294 g/mol. The van der Waals surface area contributed by atoms with Crippen molar-refractivity contribution in [2.45, 2.75) is 31.2 Å². The summed E-state index contributed by atoms with van der Waals surface area (Å²) in [6.07, 6.45) is 1.11. The Hall–Kier alpha value is -1.61. The van der Waals surface area contributed by atoms with Crippen LogP contribution in [0.1, 0.15) is 29.0 Å². The zero-order valence-corrected chi connectivity index (χ0v) is 12.3. The minimum Gasteiger partial charge on any atom is -0.490 e. The van der Waals surface area contributed by atoms with Gasteiger partial charge in [-0.1, -0.05) is 18.2 Å². The first-order valence-corrected chi connectivity index (χ1v) is 7.34. The van der Waals surface area contributed by atoms with Crippen LogP contribution in [0.2, 0.25) is 0 Å². The van der Waals surface area contributed by atoms with Crippen molar-refractivity contribution in [1.82, 2.24) is 0 Å². The summed E-state index contributed by atoms with van der Waals surface area (Å²) in [6, 6.07) is 9.55. The van der Waals surface area contributed by atoms with Gasteiger partial charge < -0.3 is 4.74 Å². The fraction of sp³-hybridized carbons (Fsp3) is 0.294. The monoisotopic (exact) mass is 308 g/mol. The van der Waals surface area contributed by atoms with Gasteiger partial charge in [-0.3, -0.25) is 0 Å². The number of halogens is 3. The predicted molar refractivity (Wildman–Crippen MR) is 78.9 cm³/mol. The van der Waals surface area contributed by atoms with Crippen molar-refractivity contribution >= 4 is 11.6 Å². The van der Waals surface area contributed by atoms with Crippen LogP contribution >= 0.6 is 11.6 Å². The number of hydrogen-bond acceptors (Lipinski definition) is 1. The normalized spacial score (nSPS) is 18.2. The van der Waals surface area contributed by atoms with Gasteiger partial charge in [0.2, 0.25) is 0 Å². The summed E-state index contributed by atoms with van der Waals surface area (Å²) in [6.45, 7) is 2.01. The van der Waals surface area contributed by atoms with E-state index in [2.05, 4.69) is 0 Å². The molecule has 0 radical (unpaired) electrons. The molecule has 0 spiro atoms. The first-order valence-electron chi connectivity index (χ1n) is 6.91. The molecule has 0 amide bonds. The molecule has 2 unspecified atom stereocenters. The Morgan fingerprint density at radius 3 is 2.67 bits per heavy atom. The van der Waals surface area contributed by atoms with Gasteiger partial charge in [-0.25, -0.2) is 8.78 Å². The average Bonchev–Trinajstić information content (AvgIpc) is 2.81. The first kappa shape index (κ1) is 14.3. The molecule has 4 heteroatoms. The minimum atomic E-state index is -0.557. The third kappa shape index (κ3) is 2.88. The van der Waals surface area contributed by atoms with Crippen molar-refractivity contribution in [3.63, 3.8) is 0 Å². The SMILES string of the molecule is CC1Cc2cc(C(Cl)Cc3c(F)cccc3F)ccc2O1. The van der Waals surface area contributed by atoms with Gasteiger partial charge in [0.05, 0.1) is 5.38 Å². The number of alkyl halides is 1. The van der Waals surface area contributed by atoms with Crippen molar-refractivity contribution in [3.05, 3.63) is 64.7 Å². The number of hydrogen-bond donors (Lipinski definition) is 0. The third-order valence-corrected chi connectivity index (χ3v) is 4.13. The Morgan fingerprint density at radius 2 is 1.95 bits per heavy atom. The highest BCUT2D eigenvalue weighted by Gasteiger charge is 2.21. The zero-order chi connectivity index (χ0) is 15.0. The van der Waals surface area contributed by atoms with Crippen LogP contribution in [0.4, 0.5) is 8.78 Å². The number of benzene rings is 2. The lowest BCUT2D eigenvalue weighted by molar-refractivity contribution is 0.254. The van der Waals surface area contributed by atoms with E-state index in [0.717, 1.165) is 23.3 Å². The summed E-state index contributed by atoms with van der Waals surface area (Å²) in [4.78, 5) is 0. The minimum absolute atomic E-state index is 0.0302. The Kier molecular flexibility index (Phi) is 3.85. The molecule has 0 bridgehead atoms. The third-order valence-electron chi connectivity index (χ3n) is 3.73. The van der Waals surface area contributed by atoms with Gasteiger partial charge in [0.1, 0.15) is 23.5 Å². The number of ether oxygens (including phenoxy) is 1. The highest BCUT2D eigenvalue weighted by Crippen LogP contribution is 2.34. The maximum absolute atomic E-state index is 13.7. The number of rotatable bonds is 3. The Bertz CT molecular complexity index is 652. The highest BCUT2D eigenvalue weighted by atomic mass is 35.5. The van der Waals surface area contributed by atoms with E-state index in [4.69, 9.17) is 16.3 Å². The molecule has 2 aromatic carbocycles. The molecule has 1 aliphatic rings. The van der Waals surface area contributed by atoms with E-state index < -0.39 is 17.0 Å². The van der Waals surface area contributed by atoms with Gasteiger partial charge in [-0.2, -0.15) is 0 Å². The van der Waals surface area contributed by atoms with E-state index in [0.29, 0.717) is 0 Å². The van der Waals surface area contributed by atoms with E-state index in [1.165, 1.54) is 18.2 Å². The van der Waals surface area contributed by atoms with Crippen molar-refractivity contribution in [2.75, 3.05) is 0 Å². The summed E-state index contributed by atoms with van der Waals surface area (Å²) < 4.78 is 33.0. The van der Waals surface area contributed by atoms with Crippen molar-refractivity contribution in [3.8, 4) is 5.75 Å². The summed E-state index contributed by atoms with van der Waals surface area (Å²) in [5, 5.41) is -0.474. The van der Waals surface area contributed by atoms with Crippen LogP contribution < -0.4 is 4.74 Å². The highest BCUT2D eigenvalue weighted by molar-refractivity contribution is 6.20. The van der Waals surface area contributed by atoms with Gasteiger partial charge >= 0.3 is 0 Å². The summed E-state index contributed by atoms with van der Waals surface area (Å²) in [7, 11) is 0. The summed E-state index contributed by atoms with van der Waals surface area (Å²) >= 11 is 6.35. The van der Waals surface area contributed by atoms with E-state index in [-0.39, 0.29) is 18.1 Å². The van der Waals surface area contributed by atoms with E-state index in [9.17, 15) is 8.78 Å². The fourth-order valence-electron chi connectivity index (χ4n) is 2.66. The molecule has 1 heterocycles. The standard InChI is InChI=1S/C17H15ClF2O/c1-10-7-12-8-11(5-6-17(12)21-10)14(18)9-13-15(19)3-2-4-16(13)20/h2-6,8,10,14H,7,9H2,1H3. The van der Waals surface area contributed by atoms with Crippen molar-refractivity contribution in [1.29, 1.82) is 0 Å². The molecular formula is C17H15ClF2O. The molecule has 2 aromatic rings. The molecule has 21 heavy (non-hydrogen) atoms. The van der Waals surface area contributed by atoms with Crippen LogP contribution in [0.5, 0.6) is 5.75 Å². The van der Waals surface area contributed by atoms with Crippen molar-refractivity contribution in [2.24, 2.45) is 0 Å². The van der Waals surface area contributed by atoms with Crippen LogP contribution in [0.25, 0.3) is 0 Å². The van der Waals surface area contributed by atoms with E-state index >= 15 is 0 Å². The summed E-state index contributed by atoms with van der Waals surface area (Å²) in [5.74, 6) is -0.246. The lowest BCUT2D eigenvalue weighted by Gasteiger charge is -2.12.